The number of hydrogen-bond donors (Lipinski definition) is 1. The van der Waals surface area contributed by atoms with Crippen molar-refractivity contribution >= 4 is 17.5 Å². The Bertz CT molecular complexity index is 654. The minimum Gasteiger partial charge on any atom is -0.338 e. The molecule has 1 aromatic carbocycles. The average Bonchev–Trinajstić information content (AvgIpc) is 2.54. The molecule has 0 saturated carbocycles. The van der Waals surface area contributed by atoms with E-state index in [9.17, 15) is 9.59 Å². The number of nitrogens with one attached hydrogen (secondary N) is 1. The number of anilines is 1. The topological polar surface area (TPSA) is 62.3 Å². The van der Waals surface area contributed by atoms with E-state index in [2.05, 4.69) is 10.3 Å². The molecule has 5 heteroatoms. The number of aryl methyl sites for hydroxylation is 1. The molecule has 0 saturated heterocycles. The van der Waals surface area contributed by atoms with Gasteiger partial charge < -0.3 is 10.2 Å². The molecule has 2 aromatic rings. The van der Waals surface area contributed by atoms with Crippen LogP contribution in [0, 0.1) is 6.92 Å². The Labute approximate surface area is 136 Å². The van der Waals surface area contributed by atoms with Gasteiger partial charge in [-0.05, 0) is 36.8 Å². The van der Waals surface area contributed by atoms with Crippen LogP contribution in [0.4, 0.5) is 5.69 Å². The third-order valence-corrected chi connectivity index (χ3v) is 3.51. The monoisotopic (exact) mass is 311 g/mol. The molecule has 0 unspecified atom stereocenters. The molecule has 2 rings (SSSR count). The number of nitrogens with zero attached hydrogens (tertiary/aromatic N) is 2. The first-order chi connectivity index (χ1) is 11.0. The van der Waals surface area contributed by atoms with Crippen LogP contribution in [0.5, 0.6) is 0 Å². The first kappa shape index (κ1) is 16.7. The molecule has 5 nitrogen and oxygen atoms in total. The molecule has 0 aliphatic rings. The molecule has 1 N–H and O–H groups in total. The minimum atomic E-state index is -0.102. The highest BCUT2D eigenvalue weighted by Crippen LogP contribution is 2.10. The van der Waals surface area contributed by atoms with Crippen LogP contribution in [0.2, 0.25) is 0 Å². The number of benzene rings is 1. The molecular formula is C18H21N3O2. The first-order valence-electron chi connectivity index (χ1n) is 7.55. The second-order valence-corrected chi connectivity index (χ2v) is 5.46. The predicted molar refractivity (Wildman–Crippen MR) is 89.8 cm³/mol. The van der Waals surface area contributed by atoms with Gasteiger partial charge in [-0.1, -0.05) is 17.7 Å². The summed E-state index contributed by atoms with van der Waals surface area (Å²) in [5, 5.41) is 2.84. The van der Waals surface area contributed by atoms with Crippen molar-refractivity contribution in [3.05, 3.63) is 59.9 Å². The largest absolute Gasteiger partial charge is 0.338 e. The quantitative estimate of drug-likeness (QED) is 0.892. The van der Waals surface area contributed by atoms with Crippen molar-refractivity contribution in [3.8, 4) is 0 Å². The van der Waals surface area contributed by atoms with Crippen molar-refractivity contribution in [1.82, 2.24) is 9.88 Å². The SMILES string of the molecule is CC(=O)N(CCC(=O)Nc1ccc(C)cc1)Cc1ccncc1. The van der Waals surface area contributed by atoms with Crippen molar-refractivity contribution in [2.75, 3.05) is 11.9 Å². The maximum atomic E-state index is 12.0. The molecule has 2 amide bonds. The number of carbonyl (C=O) groups excluding carboxylic acids is 2. The van der Waals surface area contributed by atoms with Gasteiger partial charge >= 0.3 is 0 Å². The van der Waals surface area contributed by atoms with E-state index >= 15 is 0 Å². The highest BCUT2D eigenvalue weighted by Gasteiger charge is 2.12. The van der Waals surface area contributed by atoms with E-state index in [0.717, 1.165) is 16.8 Å². The summed E-state index contributed by atoms with van der Waals surface area (Å²) in [6.45, 7) is 4.37. The van der Waals surface area contributed by atoms with Crippen LogP contribution in [0.3, 0.4) is 0 Å². The molecule has 0 atom stereocenters. The third-order valence-electron chi connectivity index (χ3n) is 3.51. The van der Waals surface area contributed by atoms with E-state index in [4.69, 9.17) is 0 Å². The van der Waals surface area contributed by atoms with E-state index in [-0.39, 0.29) is 18.2 Å². The molecule has 0 bridgehead atoms. The predicted octanol–water partition coefficient (Wildman–Crippen LogP) is 2.77. The summed E-state index contributed by atoms with van der Waals surface area (Å²) in [5.41, 5.74) is 2.90. The lowest BCUT2D eigenvalue weighted by Gasteiger charge is -2.20. The van der Waals surface area contributed by atoms with Crippen LogP contribution in [-0.2, 0) is 16.1 Å². The molecular weight excluding hydrogens is 290 g/mol. The fourth-order valence-corrected chi connectivity index (χ4v) is 2.15. The molecule has 0 spiro atoms. The number of hydrogen-bond acceptors (Lipinski definition) is 3. The average molecular weight is 311 g/mol. The normalized spacial score (nSPS) is 10.2. The Morgan fingerprint density at radius 2 is 1.74 bits per heavy atom. The standard InChI is InChI=1S/C18H21N3O2/c1-14-3-5-17(6-4-14)20-18(23)9-12-21(15(2)22)13-16-7-10-19-11-8-16/h3-8,10-11H,9,12-13H2,1-2H3,(H,20,23). The number of amides is 2. The van der Waals surface area contributed by atoms with Crippen molar-refractivity contribution < 1.29 is 9.59 Å². The molecule has 1 heterocycles. The summed E-state index contributed by atoms with van der Waals surface area (Å²) >= 11 is 0. The van der Waals surface area contributed by atoms with Gasteiger partial charge in [-0.15, -0.1) is 0 Å². The lowest BCUT2D eigenvalue weighted by Crippen LogP contribution is -2.31. The summed E-state index contributed by atoms with van der Waals surface area (Å²) in [4.78, 5) is 29.4. The van der Waals surface area contributed by atoms with Crippen molar-refractivity contribution in [2.45, 2.75) is 26.8 Å². The maximum absolute atomic E-state index is 12.0. The van der Waals surface area contributed by atoms with Crippen LogP contribution in [0.1, 0.15) is 24.5 Å². The maximum Gasteiger partial charge on any atom is 0.226 e. The summed E-state index contributed by atoms with van der Waals surface area (Å²) in [6, 6.07) is 11.4. The number of aromatic nitrogens is 1. The van der Waals surface area contributed by atoms with Gasteiger partial charge in [0.05, 0.1) is 0 Å². The molecule has 0 aliphatic carbocycles. The first-order valence-corrected chi connectivity index (χ1v) is 7.55. The lowest BCUT2D eigenvalue weighted by molar-refractivity contribution is -0.129. The number of rotatable bonds is 6. The Balaban J connectivity index is 1.87. The van der Waals surface area contributed by atoms with E-state index in [1.807, 2.05) is 43.3 Å². The van der Waals surface area contributed by atoms with E-state index < -0.39 is 0 Å². The van der Waals surface area contributed by atoms with Gasteiger partial charge in [0, 0.05) is 44.5 Å². The van der Waals surface area contributed by atoms with E-state index in [1.54, 1.807) is 17.3 Å². The fourth-order valence-electron chi connectivity index (χ4n) is 2.15. The molecule has 0 radical (unpaired) electrons. The molecule has 120 valence electrons. The highest BCUT2D eigenvalue weighted by atomic mass is 16.2. The zero-order chi connectivity index (χ0) is 16.7. The molecule has 1 aromatic heterocycles. The van der Waals surface area contributed by atoms with E-state index in [1.165, 1.54) is 6.92 Å². The Morgan fingerprint density at radius 1 is 1.09 bits per heavy atom. The number of pyridine rings is 1. The van der Waals surface area contributed by atoms with Gasteiger partial charge in [0.2, 0.25) is 11.8 Å². The summed E-state index contributed by atoms with van der Waals surface area (Å²) in [5.74, 6) is -0.153. The highest BCUT2D eigenvalue weighted by molar-refractivity contribution is 5.91. The molecule has 0 fully saturated rings. The van der Waals surface area contributed by atoms with Crippen LogP contribution in [0.25, 0.3) is 0 Å². The lowest BCUT2D eigenvalue weighted by atomic mass is 10.2. The van der Waals surface area contributed by atoms with Crippen LogP contribution < -0.4 is 5.32 Å². The van der Waals surface area contributed by atoms with Gasteiger partial charge in [-0.3, -0.25) is 14.6 Å². The van der Waals surface area contributed by atoms with Gasteiger partial charge in [0.25, 0.3) is 0 Å². The summed E-state index contributed by atoms with van der Waals surface area (Å²) in [6.07, 6.45) is 3.65. The van der Waals surface area contributed by atoms with Gasteiger partial charge in [-0.25, -0.2) is 0 Å². The van der Waals surface area contributed by atoms with Crippen LogP contribution in [0.15, 0.2) is 48.8 Å². The smallest absolute Gasteiger partial charge is 0.226 e. The zero-order valence-corrected chi connectivity index (χ0v) is 13.5. The fraction of sp³-hybridized carbons (Fsp3) is 0.278. The van der Waals surface area contributed by atoms with Gasteiger partial charge in [0.15, 0.2) is 0 Å². The van der Waals surface area contributed by atoms with Crippen LogP contribution >= 0.6 is 0 Å². The summed E-state index contributed by atoms with van der Waals surface area (Å²) < 4.78 is 0. The summed E-state index contributed by atoms with van der Waals surface area (Å²) in [7, 11) is 0. The Morgan fingerprint density at radius 3 is 2.35 bits per heavy atom. The van der Waals surface area contributed by atoms with Crippen molar-refractivity contribution in [3.63, 3.8) is 0 Å². The second-order valence-electron chi connectivity index (χ2n) is 5.46. The Hall–Kier alpha value is -2.69. The minimum absolute atomic E-state index is 0.0510. The number of carbonyl (C=O) groups is 2. The van der Waals surface area contributed by atoms with Crippen molar-refractivity contribution in [2.24, 2.45) is 0 Å². The van der Waals surface area contributed by atoms with Crippen molar-refractivity contribution in [1.29, 1.82) is 0 Å². The van der Waals surface area contributed by atoms with E-state index in [0.29, 0.717) is 13.1 Å². The second kappa shape index (κ2) is 8.08. The van der Waals surface area contributed by atoms with Gasteiger partial charge in [0.1, 0.15) is 0 Å². The van der Waals surface area contributed by atoms with Gasteiger partial charge in [-0.2, -0.15) is 0 Å². The Kier molecular flexibility index (Phi) is 5.86. The molecule has 23 heavy (non-hydrogen) atoms. The zero-order valence-electron chi connectivity index (χ0n) is 13.5. The van der Waals surface area contributed by atoms with Crippen LogP contribution in [-0.4, -0.2) is 28.2 Å². The third kappa shape index (κ3) is 5.54. The molecule has 0 aliphatic heterocycles.